The first-order chi connectivity index (χ1) is 6.24. The molecule has 0 amide bonds. The Bertz CT molecular complexity index is 134. The van der Waals surface area contributed by atoms with Crippen LogP contribution in [0, 0.1) is 5.92 Å². The van der Waals surface area contributed by atoms with Gasteiger partial charge in [0, 0.05) is 0 Å². The Morgan fingerprint density at radius 3 is 2.38 bits per heavy atom. The highest BCUT2D eigenvalue weighted by Gasteiger charge is 2.03. The molecule has 0 unspecified atom stereocenters. The number of nitrogens with one attached hydrogen (secondary N) is 1. The average molecular weight is 183 g/mol. The third-order valence-electron chi connectivity index (χ3n) is 2.65. The van der Waals surface area contributed by atoms with E-state index in [-0.39, 0.29) is 0 Å². The summed E-state index contributed by atoms with van der Waals surface area (Å²) in [6.07, 6.45) is 7.45. The summed E-state index contributed by atoms with van der Waals surface area (Å²) >= 11 is 0. The van der Waals surface area contributed by atoms with Crippen molar-refractivity contribution in [2.24, 2.45) is 5.92 Å². The second kappa shape index (κ2) is 8.31. The molecule has 0 aromatic carbocycles. The molecule has 0 spiro atoms. The normalized spacial score (nSPS) is 12.5. The Balaban J connectivity index is 3.69. The quantitative estimate of drug-likeness (QED) is 0.471. The minimum absolute atomic E-state index is 0.894. The summed E-state index contributed by atoms with van der Waals surface area (Å²) in [7, 11) is 2.00. The van der Waals surface area contributed by atoms with Gasteiger partial charge in [-0.15, -0.1) is 0 Å². The van der Waals surface area contributed by atoms with E-state index in [4.69, 9.17) is 0 Å². The van der Waals surface area contributed by atoms with E-state index in [0.29, 0.717) is 0 Å². The van der Waals surface area contributed by atoms with Crippen molar-refractivity contribution in [3.63, 3.8) is 0 Å². The summed E-state index contributed by atoms with van der Waals surface area (Å²) in [6.45, 7) is 7.93. The van der Waals surface area contributed by atoms with E-state index in [1.54, 1.807) is 5.57 Å². The van der Waals surface area contributed by atoms with Crippen LogP contribution in [-0.2, 0) is 0 Å². The zero-order chi connectivity index (χ0) is 10.1. The first kappa shape index (κ1) is 12.7. The summed E-state index contributed by atoms with van der Waals surface area (Å²) in [6, 6.07) is 0. The lowest BCUT2D eigenvalue weighted by molar-refractivity contribution is 0.487. The lowest BCUT2D eigenvalue weighted by Crippen LogP contribution is -2.06. The van der Waals surface area contributed by atoms with Crippen LogP contribution in [0.15, 0.2) is 11.6 Å². The van der Waals surface area contributed by atoms with Gasteiger partial charge in [-0.2, -0.15) is 0 Å². The van der Waals surface area contributed by atoms with Crippen LogP contribution in [0.25, 0.3) is 0 Å². The fourth-order valence-corrected chi connectivity index (χ4v) is 1.58. The Morgan fingerprint density at radius 1 is 1.31 bits per heavy atom. The monoisotopic (exact) mass is 183 g/mol. The maximum atomic E-state index is 3.16. The molecular weight excluding hydrogens is 158 g/mol. The second-order valence-corrected chi connectivity index (χ2v) is 3.83. The molecule has 0 saturated heterocycles. The van der Waals surface area contributed by atoms with Gasteiger partial charge in [0.05, 0.1) is 0 Å². The van der Waals surface area contributed by atoms with Crippen LogP contribution in [0.2, 0.25) is 0 Å². The van der Waals surface area contributed by atoms with Gasteiger partial charge >= 0.3 is 0 Å². The zero-order valence-electron chi connectivity index (χ0n) is 9.69. The first-order valence-electron chi connectivity index (χ1n) is 5.54. The van der Waals surface area contributed by atoms with Gasteiger partial charge in [0.2, 0.25) is 0 Å². The Hall–Kier alpha value is -0.300. The molecule has 0 saturated carbocycles. The van der Waals surface area contributed by atoms with Gasteiger partial charge in [0.15, 0.2) is 0 Å². The molecular formula is C12H25N. The zero-order valence-corrected chi connectivity index (χ0v) is 9.69. The van der Waals surface area contributed by atoms with E-state index in [2.05, 4.69) is 32.2 Å². The highest BCUT2D eigenvalue weighted by molar-refractivity contribution is 4.99. The van der Waals surface area contributed by atoms with Crippen molar-refractivity contribution < 1.29 is 0 Å². The molecule has 0 radical (unpaired) electrons. The maximum absolute atomic E-state index is 3.16. The summed E-state index contributed by atoms with van der Waals surface area (Å²) in [5.74, 6) is 0.894. The summed E-state index contributed by atoms with van der Waals surface area (Å²) in [4.78, 5) is 0. The SMILES string of the molecule is CCC(CC)CC(C)=CCCNC. The molecule has 0 fully saturated rings. The molecule has 0 bridgehead atoms. The molecule has 1 nitrogen and oxygen atoms in total. The van der Waals surface area contributed by atoms with Gasteiger partial charge in [0.1, 0.15) is 0 Å². The molecule has 78 valence electrons. The van der Waals surface area contributed by atoms with Gasteiger partial charge < -0.3 is 5.32 Å². The van der Waals surface area contributed by atoms with Crippen molar-refractivity contribution in [3.05, 3.63) is 11.6 Å². The van der Waals surface area contributed by atoms with E-state index in [1.165, 1.54) is 25.7 Å². The molecule has 1 heteroatoms. The molecule has 0 aliphatic carbocycles. The number of allylic oxidation sites excluding steroid dienone is 1. The molecule has 0 aliphatic heterocycles. The first-order valence-corrected chi connectivity index (χ1v) is 5.54. The molecule has 0 aromatic heterocycles. The van der Waals surface area contributed by atoms with Gasteiger partial charge in [-0.05, 0) is 39.3 Å². The van der Waals surface area contributed by atoms with Gasteiger partial charge in [-0.1, -0.05) is 38.3 Å². The lowest BCUT2D eigenvalue weighted by Gasteiger charge is -2.12. The minimum Gasteiger partial charge on any atom is -0.319 e. The van der Waals surface area contributed by atoms with Crippen molar-refractivity contribution in [2.75, 3.05) is 13.6 Å². The molecule has 0 atom stereocenters. The second-order valence-electron chi connectivity index (χ2n) is 3.83. The van der Waals surface area contributed by atoms with Crippen LogP contribution >= 0.6 is 0 Å². The third kappa shape index (κ3) is 6.83. The van der Waals surface area contributed by atoms with Crippen molar-refractivity contribution in [2.45, 2.75) is 46.5 Å². The third-order valence-corrected chi connectivity index (χ3v) is 2.65. The molecule has 0 heterocycles. The number of rotatable bonds is 7. The fraction of sp³-hybridized carbons (Fsp3) is 0.833. The Labute approximate surface area is 83.6 Å². The van der Waals surface area contributed by atoms with Crippen molar-refractivity contribution in [1.82, 2.24) is 5.32 Å². The predicted molar refractivity (Wildman–Crippen MR) is 61.0 cm³/mol. The number of hydrogen-bond acceptors (Lipinski definition) is 1. The van der Waals surface area contributed by atoms with E-state index < -0.39 is 0 Å². The predicted octanol–water partition coefficient (Wildman–Crippen LogP) is 3.37. The van der Waals surface area contributed by atoms with Crippen LogP contribution in [0.5, 0.6) is 0 Å². The standard InChI is InChI=1S/C12H25N/c1-5-12(6-2)10-11(3)8-7-9-13-4/h8,12-13H,5-7,9-10H2,1-4H3. The van der Waals surface area contributed by atoms with E-state index in [1.807, 2.05) is 7.05 Å². The van der Waals surface area contributed by atoms with E-state index in [0.717, 1.165) is 12.5 Å². The molecule has 1 N–H and O–H groups in total. The largest absolute Gasteiger partial charge is 0.319 e. The Morgan fingerprint density at radius 2 is 1.92 bits per heavy atom. The number of hydrogen-bond donors (Lipinski definition) is 1. The van der Waals surface area contributed by atoms with E-state index in [9.17, 15) is 0 Å². The summed E-state index contributed by atoms with van der Waals surface area (Å²) in [5.41, 5.74) is 1.56. The van der Waals surface area contributed by atoms with Crippen molar-refractivity contribution in [1.29, 1.82) is 0 Å². The molecule has 0 aliphatic rings. The van der Waals surface area contributed by atoms with Crippen LogP contribution in [0.4, 0.5) is 0 Å². The van der Waals surface area contributed by atoms with Crippen LogP contribution in [0.1, 0.15) is 46.5 Å². The smallest absolute Gasteiger partial charge is 0.00172 e. The maximum Gasteiger partial charge on any atom is -0.00172 e. The molecule has 13 heavy (non-hydrogen) atoms. The van der Waals surface area contributed by atoms with Gasteiger partial charge in [-0.3, -0.25) is 0 Å². The highest BCUT2D eigenvalue weighted by Crippen LogP contribution is 2.18. The molecule has 0 aromatic rings. The summed E-state index contributed by atoms with van der Waals surface area (Å²) < 4.78 is 0. The highest BCUT2D eigenvalue weighted by atomic mass is 14.8. The van der Waals surface area contributed by atoms with Gasteiger partial charge in [-0.25, -0.2) is 0 Å². The van der Waals surface area contributed by atoms with E-state index >= 15 is 0 Å². The van der Waals surface area contributed by atoms with Crippen molar-refractivity contribution >= 4 is 0 Å². The minimum atomic E-state index is 0.894. The fourth-order valence-electron chi connectivity index (χ4n) is 1.58. The van der Waals surface area contributed by atoms with Crippen LogP contribution in [0.3, 0.4) is 0 Å². The lowest BCUT2D eigenvalue weighted by atomic mass is 9.95. The van der Waals surface area contributed by atoms with Gasteiger partial charge in [0.25, 0.3) is 0 Å². The Kier molecular flexibility index (Phi) is 8.11. The van der Waals surface area contributed by atoms with Crippen LogP contribution < -0.4 is 5.32 Å². The van der Waals surface area contributed by atoms with Crippen molar-refractivity contribution in [3.8, 4) is 0 Å². The molecule has 0 rings (SSSR count). The van der Waals surface area contributed by atoms with Crippen LogP contribution in [-0.4, -0.2) is 13.6 Å². The summed E-state index contributed by atoms with van der Waals surface area (Å²) in [5, 5.41) is 3.16. The topological polar surface area (TPSA) is 12.0 Å². The average Bonchev–Trinajstić information content (AvgIpc) is 2.14.